The average Bonchev–Trinajstić information content (AvgIpc) is 2.68. The number of hydrogen-bond donors (Lipinski definition) is 1. The first-order valence-electron chi connectivity index (χ1n) is 9.09. The molecule has 0 aliphatic carbocycles. The molecule has 162 valence electrons. The van der Waals surface area contributed by atoms with Crippen molar-refractivity contribution in [2.24, 2.45) is 0 Å². The molecule has 6 nitrogen and oxygen atoms in total. The Bertz CT molecular complexity index is 907. The van der Waals surface area contributed by atoms with Crippen molar-refractivity contribution in [2.75, 3.05) is 54.5 Å². The molecule has 2 aromatic heterocycles. The van der Waals surface area contributed by atoms with Gasteiger partial charge in [0.25, 0.3) is 5.92 Å². The molecule has 30 heavy (non-hydrogen) atoms. The van der Waals surface area contributed by atoms with E-state index in [1.165, 1.54) is 11.0 Å². The SMILES string of the molecule is Fc1c(N2CC(F)(F)C2)cc(Nc2ccc(C(F)(F)F)cn2)nc1N1CCOCC1. The molecule has 0 amide bonds. The van der Waals surface area contributed by atoms with Crippen LogP contribution < -0.4 is 15.1 Å². The summed E-state index contributed by atoms with van der Waals surface area (Å²) in [5.41, 5.74) is -0.982. The van der Waals surface area contributed by atoms with Gasteiger partial charge < -0.3 is 19.9 Å². The summed E-state index contributed by atoms with van der Waals surface area (Å²) in [6, 6.07) is 3.20. The van der Waals surface area contributed by atoms with Gasteiger partial charge in [-0.15, -0.1) is 0 Å². The Morgan fingerprint density at radius 1 is 1.03 bits per heavy atom. The number of halogens is 6. The monoisotopic (exact) mass is 433 g/mol. The number of aromatic nitrogens is 2. The molecular formula is C18H17F6N5O. The molecule has 2 aromatic rings. The number of alkyl halides is 5. The van der Waals surface area contributed by atoms with Crippen molar-refractivity contribution in [3.63, 3.8) is 0 Å². The maximum absolute atomic E-state index is 15.1. The van der Waals surface area contributed by atoms with Gasteiger partial charge in [-0.3, -0.25) is 0 Å². The van der Waals surface area contributed by atoms with E-state index in [0.29, 0.717) is 32.5 Å². The smallest absolute Gasteiger partial charge is 0.378 e. The van der Waals surface area contributed by atoms with Gasteiger partial charge in [0.2, 0.25) is 0 Å². The summed E-state index contributed by atoms with van der Waals surface area (Å²) in [5.74, 6) is -3.55. The summed E-state index contributed by atoms with van der Waals surface area (Å²) in [5, 5.41) is 2.73. The number of ether oxygens (including phenoxy) is 1. The number of nitrogens with one attached hydrogen (secondary N) is 1. The molecular weight excluding hydrogens is 416 g/mol. The first kappa shape index (κ1) is 20.5. The lowest BCUT2D eigenvalue weighted by Crippen LogP contribution is -2.56. The van der Waals surface area contributed by atoms with Crippen molar-refractivity contribution in [1.29, 1.82) is 0 Å². The third-order valence-corrected chi connectivity index (χ3v) is 4.76. The molecule has 0 radical (unpaired) electrons. The molecule has 0 bridgehead atoms. The van der Waals surface area contributed by atoms with Crippen LogP contribution >= 0.6 is 0 Å². The zero-order chi connectivity index (χ0) is 21.5. The Labute approximate surface area is 167 Å². The zero-order valence-corrected chi connectivity index (χ0v) is 15.5. The third-order valence-electron chi connectivity index (χ3n) is 4.76. The quantitative estimate of drug-likeness (QED) is 0.743. The van der Waals surface area contributed by atoms with Crippen LogP contribution in [0.2, 0.25) is 0 Å². The average molecular weight is 433 g/mol. The Hall–Kier alpha value is -2.76. The number of pyridine rings is 2. The Balaban J connectivity index is 1.64. The van der Waals surface area contributed by atoms with Crippen LogP contribution in [0.25, 0.3) is 0 Å². The first-order valence-corrected chi connectivity index (χ1v) is 9.09. The van der Waals surface area contributed by atoms with Gasteiger partial charge in [-0.25, -0.2) is 23.1 Å². The third kappa shape index (κ3) is 4.23. The molecule has 0 saturated carbocycles. The molecule has 0 aromatic carbocycles. The lowest BCUT2D eigenvalue weighted by molar-refractivity contribution is -0.137. The lowest BCUT2D eigenvalue weighted by Gasteiger charge is -2.41. The number of rotatable bonds is 4. The molecule has 4 heterocycles. The maximum atomic E-state index is 15.1. The van der Waals surface area contributed by atoms with Crippen LogP contribution in [0.5, 0.6) is 0 Å². The number of anilines is 4. The summed E-state index contributed by atoms with van der Waals surface area (Å²) in [6.07, 6.45) is -3.87. The van der Waals surface area contributed by atoms with Crippen LogP contribution in [-0.2, 0) is 10.9 Å². The fraction of sp³-hybridized carbons (Fsp3) is 0.444. The molecule has 2 fully saturated rings. The molecule has 2 saturated heterocycles. The number of morpholine rings is 1. The molecule has 4 rings (SSSR count). The Morgan fingerprint density at radius 3 is 2.30 bits per heavy atom. The van der Waals surface area contributed by atoms with Crippen LogP contribution in [0.4, 0.5) is 49.5 Å². The van der Waals surface area contributed by atoms with Crippen LogP contribution in [0.15, 0.2) is 24.4 Å². The van der Waals surface area contributed by atoms with Crippen molar-refractivity contribution in [3.05, 3.63) is 35.8 Å². The Kier molecular flexibility index (Phi) is 5.12. The van der Waals surface area contributed by atoms with Crippen LogP contribution in [0.3, 0.4) is 0 Å². The van der Waals surface area contributed by atoms with E-state index < -0.39 is 36.6 Å². The topological polar surface area (TPSA) is 53.5 Å². The van der Waals surface area contributed by atoms with Gasteiger partial charge in [0.15, 0.2) is 11.6 Å². The van der Waals surface area contributed by atoms with Gasteiger partial charge in [-0.1, -0.05) is 0 Å². The normalized spacial score (nSPS) is 18.9. The molecule has 2 aliphatic heterocycles. The predicted octanol–water partition coefficient (Wildman–Crippen LogP) is 3.67. The van der Waals surface area contributed by atoms with Crippen molar-refractivity contribution >= 4 is 23.1 Å². The zero-order valence-electron chi connectivity index (χ0n) is 15.5. The fourth-order valence-electron chi connectivity index (χ4n) is 3.23. The van der Waals surface area contributed by atoms with Crippen LogP contribution in [0, 0.1) is 5.82 Å². The largest absolute Gasteiger partial charge is 0.417 e. The second-order valence-electron chi connectivity index (χ2n) is 7.03. The van der Waals surface area contributed by atoms with Crippen molar-refractivity contribution in [1.82, 2.24) is 9.97 Å². The number of nitrogens with zero attached hydrogens (tertiary/aromatic N) is 4. The molecule has 12 heteroatoms. The van der Waals surface area contributed by atoms with Gasteiger partial charge in [0, 0.05) is 25.4 Å². The second-order valence-corrected chi connectivity index (χ2v) is 7.03. The first-order chi connectivity index (χ1) is 14.1. The highest BCUT2D eigenvalue weighted by Crippen LogP contribution is 2.38. The van der Waals surface area contributed by atoms with Gasteiger partial charge in [0.1, 0.15) is 11.6 Å². The molecule has 0 atom stereocenters. The summed E-state index contributed by atoms with van der Waals surface area (Å²) < 4.78 is 85.1. The second kappa shape index (κ2) is 7.49. The minimum Gasteiger partial charge on any atom is -0.378 e. The minimum atomic E-state index is -4.53. The summed E-state index contributed by atoms with van der Waals surface area (Å²) >= 11 is 0. The van der Waals surface area contributed by atoms with Crippen molar-refractivity contribution < 1.29 is 31.1 Å². The molecule has 0 unspecified atom stereocenters. The number of hydrogen-bond acceptors (Lipinski definition) is 6. The maximum Gasteiger partial charge on any atom is 0.417 e. The fourth-order valence-corrected chi connectivity index (χ4v) is 3.23. The van der Waals surface area contributed by atoms with Crippen molar-refractivity contribution in [2.45, 2.75) is 12.1 Å². The van der Waals surface area contributed by atoms with Crippen LogP contribution in [-0.4, -0.2) is 55.3 Å². The van der Waals surface area contributed by atoms with E-state index >= 15 is 4.39 Å². The van der Waals surface area contributed by atoms with E-state index in [0.717, 1.165) is 12.1 Å². The summed E-state index contributed by atoms with van der Waals surface area (Å²) in [4.78, 5) is 10.7. The predicted molar refractivity (Wildman–Crippen MR) is 96.9 cm³/mol. The van der Waals surface area contributed by atoms with E-state index in [1.807, 2.05) is 0 Å². The Morgan fingerprint density at radius 2 is 1.73 bits per heavy atom. The highest BCUT2D eigenvalue weighted by molar-refractivity contribution is 5.67. The highest BCUT2D eigenvalue weighted by Gasteiger charge is 2.45. The van der Waals surface area contributed by atoms with Gasteiger partial charge in [0.05, 0.1) is 37.6 Å². The van der Waals surface area contributed by atoms with Gasteiger partial charge in [-0.2, -0.15) is 13.2 Å². The van der Waals surface area contributed by atoms with Crippen LogP contribution in [0.1, 0.15) is 5.56 Å². The molecule has 0 spiro atoms. The van der Waals surface area contributed by atoms with E-state index in [2.05, 4.69) is 15.3 Å². The van der Waals surface area contributed by atoms with E-state index in [4.69, 9.17) is 4.74 Å². The minimum absolute atomic E-state index is 0.0413. The summed E-state index contributed by atoms with van der Waals surface area (Å²) in [6.45, 7) is 0.179. The van der Waals surface area contributed by atoms with Gasteiger partial charge in [-0.05, 0) is 12.1 Å². The molecule has 2 aliphatic rings. The standard InChI is InChI=1S/C18H17F6N5O/c19-15-12(29-9-17(20,21)10-29)7-14(27-16(15)28-3-5-30-6-4-28)26-13-2-1-11(8-25-13)18(22,23)24/h1-2,7-8H,3-6,9-10H2,(H,25,26,27). The van der Waals surface area contributed by atoms with Gasteiger partial charge >= 0.3 is 6.18 Å². The highest BCUT2D eigenvalue weighted by atomic mass is 19.4. The van der Waals surface area contributed by atoms with Crippen molar-refractivity contribution in [3.8, 4) is 0 Å². The molecule has 1 N–H and O–H groups in total. The summed E-state index contributed by atoms with van der Waals surface area (Å²) in [7, 11) is 0. The van der Waals surface area contributed by atoms with E-state index in [-0.39, 0.29) is 23.1 Å². The lowest BCUT2D eigenvalue weighted by atomic mass is 10.1. The van der Waals surface area contributed by atoms with E-state index in [9.17, 15) is 22.0 Å². The van der Waals surface area contributed by atoms with E-state index in [1.54, 1.807) is 4.90 Å².